The van der Waals surface area contributed by atoms with Gasteiger partial charge in [-0.05, 0) is 36.8 Å². The molecule has 0 spiro atoms. The van der Waals surface area contributed by atoms with E-state index in [4.69, 9.17) is 5.14 Å². The molecule has 2 aromatic rings. The van der Waals surface area contributed by atoms with Gasteiger partial charge in [-0.25, -0.2) is 18.5 Å². The van der Waals surface area contributed by atoms with E-state index in [1.807, 2.05) is 24.3 Å². The Bertz CT molecular complexity index is 974. The minimum atomic E-state index is -3.81. The molecule has 0 unspecified atom stereocenters. The molecule has 0 fully saturated rings. The Morgan fingerprint density at radius 3 is 2.81 bits per heavy atom. The molecule has 6 nitrogen and oxygen atoms in total. The fraction of sp³-hybridized carbons (Fsp3) is 0.176. The first-order valence-electron chi connectivity index (χ1n) is 7.73. The highest BCUT2D eigenvalue weighted by Gasteiger charge is 2.20. The standard InChI is InChI=1S/C17H17N3O3S3/c1-11(25-17-20-15-8-3-2-5-12(15)10-24-17)16(21)19-13-6-4-7-14(9-13)26(18,22)23/h2-9,11H,10H2,1H3,(H,19,21)(H2,18,22,23)/t11-/m0/s1. The van der Waals surface area contributed by atoms with Gasteiger partial charge in [0, 0.05) is 11.4 Å². The number of carbonyl (C=O) groups is 1. The molecule has 1 heterocycles. The lowest BCUT2D eigenvalue weighted by atomic mass is 10.2. The van der Waals surface area contributed by atoms with Gasteiger partial charge in [-0.3, -0.25) is 4.79 Å². The summed E-state index contributed by atoms with van der Waals surface area (Å²) in [6, 6.07) is 13.8. The number of nitrogens with one attached hydrogen (secondary N) is 1. The van der Waals surface area contributed by atoms with Gasteiger partial charge < -0.3 is 5.32 Å². The van der Waals surface area contributed by atoms with Crippen molar-refractivity contribution in [1.29, 1.82) is 0 Å². The number of benzene rings is 2. The first-order valence-corrected chi connectivity index (χ1v) is 11.1. The highest BCUT2D eigenvalue weighted by molar-refractivity contribution is 8.39. The summed E-state index contributed by atoms with van der Waals surface area (Å²) in [5.41, 5.74) is 2.50. The van der Waals surface area contributed by atoms with Crippen molar-refractivity contribution in [2.45, 2.75) is 22.8 Å². The van der Waals surface area contributed by atoms with Crippen LogP contribution in [0.15, 0.2) is 58.4 Å². The lowest BCUT2D eigenvalue weighted by Crippen LogP contribution is -2.24. The molecule has 0 saturated heterocycles. The van der Waals surface area contributed by atoms with Gasteiger partial charge >= 0.3 is 0 Å². The Morgan fingerprint density at radius 1 is 1.27 bits per heavy atom. The van der Waals surface area contributed by atoms with Crippen molar-refractivity contribution in [3.63, 3.8) is 0 Å². The van der Waals surface area contributed by atoms with E-state index in [9.17, 15) is 13.2 Å². The number of fused-ring (bicyclic) bond motifs is 1. The quantitative estimate of drug-likeness (QED) is 0.809. The number of amides is 1. The SMILES string of the molecule is C[C@H](SC1=Nc2ccccc2CS1)C(=O)Nc1cccc(S(N)(=O)=O)c1. The summed E-state index contributed by atoms with van der Waals surface area (Å²) < 4.78 is 23.7. The van der Waals surface area contributed by atoms with Crippen LogP contribution in [0.3, 0.4) is 0 Å². The molecule has 3 rings (SSSR count). The van der Waals surface area contributed by atoms with Crippen LogP contribution in [0.25, 0.3) is 0 Å². The molecule has 1 atom stereocenters. The number of primary sulfonamides is 1. The van der Waals surface area contributed by atoms with Crippen LogP contribution in [0.4, 0.5) is 11.4 Å². The van der Waals surface area contributed by atoms with Crippen molar-refractivity contribution in [1.82, 2.24) is 0 Å². The van der Waals surface area contributed by atoms with Crippen LogP contribution in [-0.4, -0.2) is 24.0 Å². The number of para-hydroxylation sites is 1. The number of anilines is 1. The fourth-order valence-electron chi connectivity index (χ4n) is 2.27. The van der Waals surface area contributed by atoms with Crippen LogP contribution >= 0.6 is 23.5 Å². The average molecular weight is 408 g/mol. The molecule has 9 heteroatoms. The predicted molar refractivity (Wildman–Crippen MR) is 108 cm³/mol. The van der Waals surface area contributed by atoms with E-state index in [1.165, 1.54) is 35.5 Å². The Kier molecular flexibility index (Phi) is 5.71. The molecule has 1 aliphatic rings. The third-order valence-corrected chi connectivity index (χ3v) is 6.84. The van der Waals surface area contributed by atoms with Gasteiger partial charge in [0.1, 0.15) is 4.38 Å². The van der Waals surface area contributed by atoms with Crippen molar-refractivity contribution < 1.29 is 13.2 Å². The summed E-state index contributed by atoms with van der Waals surface area (Å²) in [5, 5.41) is 7.45. The highest BCUT2D eigenvalue weighted by Crippen LogP contribution is 2.35. The highest BCUT2D eigenvalue weighted by atomic mass is 32.2. The summed E-state index contributed by atoms with van der Waals surface area (Å²) in [7, 11) is -3.81. The molecule has 0 aromatic heterocycles. The Hall–Kier alpha value is -1.81. The van der Waals surface area contributed by atoms with Gasteiger partial charge in [-0.1, -0.05) is 47.8 Å². The van der Waals surface area contributed by atoms with Crippen molar-refractivity contribution in [2.75, 3.05) is 5.32 Å². The lowest BCUT2D eigenvalue weighted by Gasteiger charge is -2.17. The Balaban J connectivity index is 1.67. The average Bonchev–Trinajstić information content (AvgIpc) is 2.61. The summed E-state index contributed by atoms with van der Waals surface area (Å²) in [5.74, 6) is 0.593. The van der Waals surface area contributed by atoms with E-state index in [0.717, 1.165) is 15.8 Å². The van der Waals surface area contributed by atoms with Crippen molar-refractivity contribution in [3.05, 3.63) is 54.1 Å². The molecule has 3 N–H and O–H groups in total. The second-order valence-corrected chi connectivity index (χ2v) is 9.73. The zero-order valence-electron chi connectivity index (χ0n) is 13.9. The molecular weight excluding hydrogens is 390 g/mol. The smallest absolute Gasteiger partial charge is 0.238 e. The van der Waals surface area contributed by atoms with Crippen molar-refractivity contribution in [2.24, 2.45) is 10.1 Å². The van der Waals surface area contributed by atoms with Crippen LogP contribution in [0.1, 0.15) is 12.5 Å². The molecular formula is C17H17N3O3S3. The molecule has 0 saturated carbocycles. The fourth-order valence-corrected chi connectivity index (χ4v) is 5.02. The van der Waals surface area contributed by atoms with Crippen molar-refractivity contribution >= 4 is 55.2 Å². The third kappa shape index (κ3) is 4.67. The first-order chi connectivity index (χ1) is 12.3. The van der Waals surface area contributed by atoms with Gasteiger partial charge in [-0.2, -0.15) is 0 Å². The monoisotopic (exact) mass is 407 g/mol. The number of carbonyl (C=O) groups excluding carboxylic acids is 1. The van der Waals surface area contributed by atoms with Gasteiger partial charge in [0.25, 0.3) is 0 Å². The minimum absolute atomic E-state index is 0.0422. The van der Waals surface area contributed by atoms with Crippen LogP contribution in [0, 0.1) is 0 Å². The normalized spacial score (nSPS) is 14.9. The molecule has 0 aliphatic carbocycles. The summed E-state index contributed by atoms with van der Waals surface area (Å²) in [4.78, 5) is 17.0. The predicted octanol–water partition coefficient (Wildman–Crippen LogP) is 3.33. The number of sulfonamides is 1. The maximum Gasteiger partial charge on any atom is 0.238 e. The Morgan fingerprint density at radius 2 is 2.04 bits per heavy atom. The number of rotatable bonds is 4. The minimum Gasteiger partial charge on any atom is -0.325 e. The van der Waals surface area contributed by atoms with E-state index < -0.39 is 10.0 Å². The van der Waals surface area contributed by atoms with E-state index >= 15 is 0 Å². The summed E-state index contributed by atoms with van der Waals surface area (Å²) in [6.07, 6.45) is 0. The summed E-state index contributed by atoms with van der Waals surface area (Å²) >= 11 is 2.98. The van der Waals surface area contributed by atoms with Crippen LogP contribution in [-0.2, 0) is 20.6 Å². The van der Waals surface area contributed by atoms with E-state index in [-0.39, 0.29) is 16.1 Å². The number of nitrogens with zero attached hydrogens (tertiary/aromatic N) is 1. The molecule has 26 heavy (non-hydrogen) atoms. The van der Waals surface area contributed by atoms with Gasteiger partial charge in [-0.15, -0.1) is 0 Å². The largest absolute Gasteiger partial charge is 0.325 e. The number of nitrogens with two attached hydrogens (primary N) is 1. The number of hydrogen-bond acceptors (Lipinski definition) is 6. The second-order valence-electron chi connectivity index (χ2n) is 5.62. The molecule has 2 aromatic carbocycles. The van der Waals surface area contributed by atoms with Crippen LogP contribution in [0.5, 0.6) is 0 Å². The zero-order chi connectivity index (χ0) is 18.7. The van der Waals surface area contributed by atoms with E-state index in [2.05, 4.69) is 10.3 Å². The van der Waals surface area contributed by atoms with E-state index in [1.54, 1.807) is 24.8 Å². The van der Waals surface area contributed by atoms with Gasteiger partial charge in [0.2, 0.25) is 15.9 Å². The molecule has 1 aliphatic heterocycles. The molecule has 0 radical (unpaired) electrons. The molecule has 0 bridgehead atoms. The van der Waals surface area contributed by atoms with Crippen molar-refractivity contribution in [3.8, 4) is 0 Å². The zero-order valence-corrected chi connectivity index (χ0v) is 16.3. The molecule has 136 valence electrons. The molecule has 1 amide bonds. The summed E-state index contributed by atoms with van der Waals surface area (Å²) in [6.45, 7) is 1.78. The Labute approximate surface area is 160 Å². The van der Waals surface area contributed by atoms with Crippen LogP contribution in [0.2, 0.25) is 0 Å². The number of aliphatic imine (C=N–C) groups is 1. The number of thioether (sulfide) groups is 2. The first kappa shape index (κ1) is 19.0. The van der Waals surface area contributed by atoms with Crippen LogP contribution < -0.4 is 10.5 Å². The van der Waals surface area contributed by atoms with Gasteiger partial charge in [0.05, 0.1) is 15.8 Å². The number of hydrogen-bond donors (Lipinski definition) is 2. The van der Waals surface area contributed by atoms with E-state index in [0.29, 0.717) is 5.69 Å². The lowest BCUT2D eigenvalue weighted by molar-refractivity contribution is -0.115. The maximum absolute atomic E-state index is 12.4. The van der Waals surface area contributed by atoms with Gasteiger partial charge in [0.15, 0.2) is 0 Å². The second kappa shape index (κ2) is 7.83. The third-order valence-electron chi connectivity index (χ3n) is 3.63. The topological polar surface area (TPSA) is 102 Å². The maximum atomic E-state index is 12.4.